The molecule has 138 valence electrons. The summed E-state index contributed by atoms with van der Waals surface area (Å²) < 4.78 is 0. The summed E-state index contributed by atoms with van der Waals surface area (Å²) in [5, 5.41) is 18.9. The van der Waals surface area contributed by atoms with Crippen molar-refractivity contribution in [1.29, 1.82) is 0 Å². The molecule has 1 fully saturated rings. The van der Waals surface area contributed by atoms with E-state index >= 15 is 0 Å². The van der Waals surface area contributed by atoms with E-state index in [-0.39, 0.29) is 35.1 Å². The van der Waals surface area contributed by atoms with Crippen LogP contribution in [0.25, 0.3) is 0 Å². The van der Waals surface area contributed by atoms with Gasteiger partial charge in [0.1, 0.15) is 5.75 Å². The second-order valence-electron chi connectivity index (χ2n) is 7.51. The number of alkyl halides is 1. The number of phenolic OH excluding ortho intramolecular Hbond substituents is 1. The average Bonchev–Trinajstić information content (AvgIpc) is 2.88. The maximum absolute atomic E-state index is 12.5. The fraction of sp³-hybridized carbons (Fsp3) is 0.381. The summed E-state index contributed by atoms with van der Waals surface area (Å²) in [5.74, 6) is 0.212. The van der Waals surface area contributed by atoms with Gasteiger partial charge in [-0.05, 0) is 41.8 Å². The van der Waals surface area contributed by atoms with Gasteiger partial charge in [0.15, 0.2) is 0 Å². The maximum atomic E-state index is 12.5. The van der Waals surface area contributed by atoms with Crippen LogP contribution in [-0.2, 0) is 16.6 Å². The Labute approximate surface area is 159 Å². The fourth-order valence-corrected chi connectivity index (χ4v) is 3.73. The van der Waals surface area contributed by atoms with Crippen LogP contribution >= 0.6 is 11.6 Å². The number of aliphatic hydroxyl groups is 1. The van der Waals surface area contributed by atoms with Crippen LogP contribution in [0.15, 0.2) is 48.5 Å². The van der Waals surface area contributed by atoms with Gasteiger partial charge in [-0.3, -0.25) is 4.79 Å². The molecule has 1 aliphatic rings. The molecular weight excluding hydrogens is 350 g/mol. The quantitative estimate of drug-likeness (QED) is 0.787. The van der Waals surface area contributed by atoms with Crippen LogP contribution in [0.5, 0.6) is 5.75 Å². The van der Waals surface area contributed by atoms with Crippen molar-refractivity contribution in [2.24, 2.45) is 0 Å². The van der Waals surface area contributed by atoms with E-state index in [1.54, 1.807) is 23.1 Å². The van der Waals surface area contributed by atoms with Crippen molar-refractivity contribution in [1.82, 2.24) is 0 Å². The zero-order valence-corrected chi connectivity index (χ0v) is 15.8. The number of hydrogen-bond acceptors (Lipinski definition) is 3. The van der Waals surface area contributed by atoms with Crippen LogP contribution in [0.2, 0.25) is 0 Å². The molecule has 2 unspecified atom stereocenters. The van der Waals surface area contributed by atoms with Crippen molar-refractivity contribution < 1.29 is 15.0 Å². The van der Waals surface area contributed by atoms with E-state index in [9.17, 15) is 15.0 Å². The summed E-state index contributed by atoms with van der Waals surface area (Å²) in [6.45, 7) is 4.00. The van der Waals surface area contributed by atoms with Crippen molar-refractivity contribution in [3.05, 3.63) is 59.7 Å². The van der Waals surface area contributed by atoms with Crippen LogP contribution in [0.1, 0.15) is 31.4 Å². The lowest BCUT2D eigenvalue weighted by Crippen LogP contribution is -2.37. The zero-order chi connectivity index (χ0) is 18.9. The highest BCUT2D eigenvalue weighted by Gasteiger charge is 2.39. The SMILES string of the molecule is CC(C)(CO)c1ccc(N2C(=O)CC(Cl)C2Cc2cccc(O)c2)cc1. The Morgan fingerprint density at radius 3 is 2.50 bits per heavy atom. The van der Waals surface area contributed by atoms with Crippen molar-refractivity contribution in [2.75, 3.05) is 11.5 Å². The number of rotatable bonds is 5. The Bertz CT molecular complexity index is 788. The molecule has 1 saturated heterocycles. The molecule has 2 N–H and O–H groups in total. The van der Waals surface area contributed by atoms with Crippen molar-refractivity contribution in [3.63, 3.8) is 0 Å². The Morgan fingerprint density at radius 1 is 1.19 bits per heavy atom. The summed E-state index contributed by atoms with van der Waals surface area (Å²) in [4.78, 5) is 14.3. The van der Waals surface area contributed by atoms with Gasteiger partial charge in [0.25, 0.3) is 0 Å². The first kappa shape index (κ1) is 18.7. The second kappa shape index (κ2) is 7.29. The molecule has 0 spiro atoms. The third kappa shape index (κ3) is 3.71. The number of benzene rings is 2. The van der Waals surface area contributed by atoms with Gasteiger partial charge < -0.3 is 15.1 Å². The number of amides is 1. The van der Waals surface area contributed by atoms with Gasteiger partial charge in [-0.1, -0.05) is 38.1 Å². The van der Waals surface area contributed by atoms with Crippen LogP contribution in [0.4, 0.5) is 5.69 Å². The van der Waals surface area contributed by atoms with E-state index in [2.05, 4.69) is 0 Å². The topological polar surface area (TPSA) is 60.8 Å². The van der Waals surface area contributed by atoms with E-state index in [0.717, 1.165) is 16.8 Å². The number of carbonyl (C=O) groups is 1. The first-order valence-corrected chi connectivity index (χ1v) is 9.21. The smallest absolute Gasteiger partial charge is 0.228 e. The molecule has 4 nitrogen and oxygen atoms in total. The van der Waals surface area contributed by atoms with Gasteiger partial charge in [0.2, 0.25) is 5.91 Å². The van der Waals surface area contributed by atoms with Crippen LogP contribution in [0, 0.1) is 0 Å². The number of hydrogen-bond donors (Lipinski definition) is 2. The number of nitrogens with zero attached hydrogens (tertiary/aromatic N) is 1. The number of carbonyl (C=O) groups excluding carboxylic acids is 1. The Hall–Kier alpha value is -2.04. The number of phenols is 1. The molecular formula is C21H24ClNO3. The molecule has 26 heavy (non-hydrogen) atoms. The molecule has 0 saturated carbocycles. The van der Waals surface area contributed by atoms with Crippen molar-refractivity contribution >= 4 is 23.2 Å². The lowest BCUT2D eigenvalue weighted by Gasteiger charge is -2.28. The van der Waals surface area contributed by atoms with Gasteiger partial charge in [0, 0.05) is 17.5 Å². The molecule has 3 rings (SSSR count). The Morgan fingerprint density at radius 2 is 1.88 bits per heavy atom. The van der Waals surface area contributed by atoms with E-state index < -0.39 is 0 Å². The van der Waals surface area contributed by atoms with E-state index in [4.69, 9.17) is 11.6 Å². The molecule has 0 aliphatic carbocycles. The molecule has 2 aromatic rings. The highest BCUT2D eigenvalue weighted by atomic mass is 35.5. The number of anilines is 1. The first-order chi connectivity index (χ1) is 12.3. The molecule has 1 amide bonds. The first-order valence-electron chi connectivity index (χ1n) is 8.77. The highest BCUT2D eigenvalue weighted by molar-refractivity contribution is 6.24. The lowest BCUT2D eigenvalue weighted by atomic mass is 9.85. The average molecular weight is 374 g/mol. The molecule has 1 heterocycles. The third-order valence-corrected chi connectivity index (χ3v) is 5.51. The minimum absolute atomic E-state index is 0.00400. The fourth-order valence-electron chi connectivity index (χ4n) is 3.39. The van der Waals surface area contributed by atoms with Gasteiger partial charge in [-0.15, -0.1) is 11.6 Å². The van der Waals surface area contributed by atoms with Crippen LogP contribution < -0.4 is 4.90 Å². The third-order valence-electron chi connectivity index (χ3n) is 5.07. The number of aliphatic hydroxyl groups excluding tert-OH is 1. The van der Waals surface area contributed by atoms with Crippen molar-refractivity contribution in [3.8, 4) is 5.75 Å². The summed E-state index contributed by atoms with van der Waals surface area (Å²) in [6.07, 6.45) is 0.882. The number of aromatic hydroxyl groups is 1. The Kier molecular flexibility index (Phi) is 5.26. The summed E-state index contributed by atoms with van der Waals surface area (Å²) in [5.41, 5.74) is 2.44. The summed E-state index contributed by atoms with van der Waals surface area (Å²) in [7, 11) is 0. The highest BCUT2D eigenvalue weighted by Crippen LogP contribution is 2.34. The Balaban J connectivity index is 1.87. The normalized spacial score (nSPS) is 20.6. The lowest BCUT2D eigenvalue weighted by molar-refractivity contribution is -0.117. The molecule has 2 atom stereocenters. The summed E-state index contributed by atoms with van der Waals surface area (Å²) in [6, 6.07) is 14.6. The number of halogens is 1. The maximum Gasteiger partial charge on any atom is 0.228 e. The van der Waals surface area contributed by atoms with E-state index in [1.807, 2.05) is 44.2 Å². The van der Waals surface area contributed by atoms with Crippen LogP contribution in [-0.4, -0.2) is 34.1 Å². The molecule has 1 aliphatic heterocycles. The standard InChI is InChI=1S/C21H24ClNO3/c1-21(2,13-24)15-6-8-16(9-7-15)23-19(18(22)12-20(23)26)11-14-4-3-5-17(25)10-14/h3-10,18-19,24-25H,11-13H2,1-2H3. The minimum Gasteiger partial charge on any atom is -0.508 e. The molecule has 5 heteroatoms. The minimum atomic E-state index is -0.330. The van der Waals surface area contributed by atoms with Gasteiger partial charge in [0.05, 0.1) is 18.0 Å². The summed E-state index contributed by atoms with van der Waals surface area (Å²) >= 11 is 6.48. The molecule has 0 bridgehead atoms. The zero-order valence-electron chi connectivity index (χ0n) is 15.0. The predicted octanol–water partition coefficient (Wildman–Crippen LogP) is 3.62. The van der Waals surface area contributed by atoms with Crippen molar-refractivity contribution in [2.45, 2.75) is 43.5 Å². The van der Waals surface area contributed by atoms with Crippen LogP contribution in [0.3, 0.4) is 0 Å². The largest absolute Gasteiger partial charge is 0.508 e. The monoisotopic (exact) mass is 373 g/mol. The van der Waals surface area contributed by atoms with Gasteiger partial charge in [-0.25, -0.2) is 0 Å². The molecule has 0 radical (unpaired) electrons. The second-order valence-corrected chi connectivity index (χ2v) is 8.07. The van der Waals surface area contributed by atoms with E-state index in [0.29, 0.717) is 12.8 Å². The molecule has 2 aromatic carbocycles. The van der Waals surface area contributed by atoms with Gasteiger partial charge >= 0.3 is 0 Å². The van der Waals surface area contributed by atoms with Gasteiger partial charge in [-0.2, -0.15) is 0 Å². The predicted molar refractivity (Wildman–Crippen MR) is 104 cm³/mol. The van der Waals surface area contributed by atoms with E-state index in [1.165, 1.54) is 0 Å². The molecule has 0 aromatic heterocycles.